The Hall–Kier alpha value is -2.18. The van der Waals surface area contributed by atoms with Crippen LogP contribution in [0.5, 0.6) is 0 Å². The largest absolute Gasteiger partial charge is 0.335 e. The van der Waals surface area contributed by atoms with Gasteiger partial charge in [0.25, 0.3) is 0 Å². The maximum absolute atomic E-state index is 12.8. The summed E-state index contributed by atoms with van der Waals surface area (Å²) in [7, 11) is -3.64. The van der Waals surface area contributed by atoms with Crippen molar-refractivity contribution in [3.05, 3.63) is 64.7 Å². The third-order valence-corrected chi connectivity index (χ3v) is 6.44. The molecule has 1 atom stereocenters. The van der Waals surface area contributed by atoms with Crippen LogP contribution in [-0.4, -0.2) is 32.3 Å². The number of sulfonamides is 1. The number of hydrogen-bond donors (Lipinski definition) is 1. The molecular formula is C21H28N2O3S. The lowest BCUT2D eigenvalue weighted by atomic mass is 10.1. The van der Waals surface area contributed by atoms with Gasteiger partial charge < -0.3 is 4.90 Å². The number of nitrogens with one attached hydrogen (secondary N) is 1. The molecule has 0 aliphatic carbocycles. The lowest BCUT2D eigenvalue weighted by molar-refractivity contribution is -0.130. The molecule has 2 rings (SSSR count). The number of carbonyl (C=O) groups is 1. The average molecular weight is 389 g/mol. The van der Waals surface area contributed by atoms with E-state index in [1.807, 2.05) is 56.3 Å². The SMILES string of the molecule is CC(=O)N(CCNS(=O)(=O)c1c(C)cc(C)cc1C)C(C)c1ccccc1. The molecule has 0 bridgehead atoms. The van der Waals surface area contributed by atoms with Gasteiger partial charge in [0, 0.05) is 20.0 Å². The van der Waals surface area contributed by atoms with Crippen LogP contribution in [0, 0.1) is 20.8 Å². The minimum Gasteiger partial charge on any atom is -0.335 e. The Morgan fingerprint density at radius 3 is 2.15 bits per heavy atom. The lowest BCUT2D eigenvalue weighted by Gasteiger charge is -2.28. The standard InChI is InChI=1S/C21H28N2O3S/c1-15-13-16(2)21(17(3)14-15)27(25,26)22-11-12-23(19(5)24)18(4)20-9-7-6-8-10-20/h6-10,13-14,18,22H,11-12H2,1-5H3. The van der Waals surface area contributed by atoms with Gasteiger partial charge in [-0.1, -0.05) is 48.0 Å². The van der Waals surface area contributed by atoms with Crippen molar-refractivity contribution in [1.29, 1.82) is 0 Å². The number of nitrogens with zero attached hydrogens (tertiary/aromatic N) is 1. The van der Waals surface area contributed by atoms with E-state index in [0.29, 0.717) is 11.4 Å². The van der Waals surface area contributed by atoms with Crippen molar-refractivity contribution >= 4 is 15.9 Å². The van der Waals surface area contributed by atoms with E-state index in [9.17, 15) is 13.2 Å². The smallest absolute Gasteiger partial charge is 0.241 e. The maximum Gasteiger partial charge on any atom is 0.241 e. The lowest BCUT2D eigenvalue weighted by Crippen LogP contribution is -2.39. The summed E-state index contributed by atoms with van der Waals surface area (Å²) in [6.45, 7) is 9.45. The minimum absolute atomic E-state index is 0.0896. The molecule has 2 aromatic carbocycles. The van der Waals surface area contributed by atoms with Gasteiger partial charge in [0.15, 0.2) is 0 Å². The van der Waals surface area contributed by atoms with Crippen LogP contribution >= 0.6 is 0 Å². The van der Waals surface area contributed by atoms with E-state index in [2.05, 4.69) is 4.72 Å². The molecule has 0 spiro atoms. The molecule has 27 heavy (non-hydrogen) atoms. The van der Waals surface area contributed by atoms with Crippen molar-refractivity contribution in [2.45, 2.75) is 45.6 Å². The molecule has 0 heterocycles. The van der Waals surface area contributed by atoms with Gasteiger partial charge in [-0.3, -0.25) is 4.79 Å². The molecule has 0 saturated heterocycles. The van der Waals surface area contributed by atoms with E-state index in [1.54, 1.807) is 18.7 Å². The highest BCUT2D eigenvalue weighted by Crippen LogP contribution is 2.22. The summed E-state index contributed by atoms with van der Waals surface area (Å²) in [6, 6.07) is 13.3. The molecule has 0 aromatic heterocycles. The molecule has 6 heteroatoms. The van der Waals surface area contributed by atoms with Crippen LogP contribution in [0.15, 0.2) is 47.4 Å². The van der Waals surface area contributed by atoms with Crippen molar-refractivity contribution in [3.63, 3.8) is 0 Å². The normalized spacial score (nSPS) is 12.6. The Kier molecular flexibility index (Phi) is 6.78. The molecule has 0 aliphatic heterocycles. The zero-order chi connectivity index (χ0) is 20.2. The van der Waals surface area contributed by atoms with E-state index in [1.165, 1.54) is 6.92 Å². The zero-order valence-electron chi connectivity index (χ0n) is 16.6. The first-order valence-electron chi connectivity index (χ1n) is 9.03. The third-order valence-electron chi connectivity index (χ3n) is 4.67. The fourth-order valence-electron chi connectivity index (χ4n) is 3.50. The van der Waals surface area contributed by atoms with Crippen LogP contribution in [0.4, 0.5) is 0 Å². The molecule has 146 valence electrons. The van der Waals surface area contributed by atoms with Gasteiger partial charge in [-0.15, -0.1) is 0 Å². The molecule has 1 amide bonds. The fraction of sp³-hybridized carbons (Fsp3) is 0.381. The van der Waals surface area contributed by atoms with Crippen molar-refractivity contribution < 1.29 is 13.2 Å². The first-order valence-corrected chi connectivity index (χ1v) is 10.5. The van der Waals surface area contributed by atoms with E-state index >= 15 is 0 Å². The van der Waals surface area contributed by atoms with Crippen molar-refractivity contribution in [1.82, 2.24) is 9.62 Å². The summed E-state index contributed by atoms with van der Waals surface area (Å²) >= 11 is 0. The van der Waals surface area contributed by atoms with Crippen molar-refractivity contribution in [3.8, 4) is 0 Å². The summed E-state index contributed by atoms with van der Waals surface area (Å²) in [6.07, 6.45) is 0. The first-order chi connectivity index (χ1) is 12.6. The zero-order valence-corrected chi connectivity index (χ0v) is 17.4. The molecule has 5 nitrogen and oxygen atoms in total. The van der Waals surface area contributed by atoms with E-state index in [-0.39, 0.29) is 18.5 Å². The van der Waals surface area contributed by atoms with Gasteiger partial charge in [0.1, 0.15) is 0 Å². The second kappa shape index (κ2) is 8.67. The number of hydrogen-bond acceptors (Lipinski definition) is 3. The first kappa shape index (κ1) is 21.1. The van der Waals surface area contributed by atoms with Crippen LogP contribution in [0.25, 0.3) is 0 Å². The Labute approximate surface area is 162 Å². The topological polar surface area (TPSA) is 66.5 Å². The van der Waals surface area contributed by atoms with E-state index in [4.69, 9.17) is 0 Å². The number of carbonyl (C=O) groups excluding carboxylic acids is 1. The Balaban J connectivity index is 2.12. The molecule has 0 radical (unpaired) electrons. The minimum atomic E-state index is -3.64. The second-order valence-corrected chi connectivity index (χ2v) is 8.63. The highest BCUT2D eigenvalue weighted by atomic mass is 32.2. The molecule has 1 unspecified atom stereocenters. The summed E-state index contributed by atoms with van der Waals surface area (Å²) < 4.78 is 28.2. The Bertz CT molecular complexity index is 885. The molecule has 0 aliphatic rings. The Morgan fingerprint density at radius 1 is 1.07 bits per heavy atom. The van der Waals surface area contributed by atoms with E-state index < -0.39 is 10.0 Å². The predicted molar refractivity (Wildman–Crippen MR) is 108 cm³/mol. The molecular weight excluding hydrogens is 360 g/mol. The highest BCUT2D eigenvalue weighted by molar-refractivity contribution is 7.89. The number of aryl methyl sites for hydroxylation is 3. The fourth-order valence-corrected chi connectivity index (χ4v) is 4.97. The number of benzene rings is 2. The molecule has 0 fully saturated rings. The second-order valence-electron chi connectivity index (χ2n) is 6.92. The van der Waals surface area contributed by atoms with Crippen LogP contribution in [-0.2, 0) is 14.8 Å². The third kappa shape index (κ3) is 5.17. The van der Waals surface area contributed by atoms with Crippen LogP contribution < -0.4 is 4.72 Å². The average Bonchev–Trinajstić information content (AvgIpc) is 2.57. The molecule has 1 N–H and O–H groups in total. The summed E-state index contributed by atoms with van der Waals surface area (Å²) in [5.74, 6) is -0.0896. The van der Waals surface area contributed by atoms with Crippen molar-refractivity contribution in [2.75, 3.05) is 13.1 Å². The highest BCUT2D eigenvalue weighted by Gasteiger charge is 2.22. The Morgan fingerprint density at radius 2 is 1.63 bits per heavy atom. The van der Waals surface area contributed by atoms with E-state index in [0.717, 1.165) is 22.3 Å². The molecule has 0 saturated carbocycles. The summed E-state index contributed by atoms with van der Waals surface area (Å²) in [5.41, 5.74) is 3.49. The van der Waals surface area contributed by atoms with Gasteiger partial charge in [-0.05, 0) is 44.4 Å². The number of rotatable bonds is 7. The van der Waals surface area contributed by atoms with Crippen molar-refractivity contribution in [2.24, 2.45) is 0 Å². The maximum atomic E-state index is 12.8. The van der Waals surface area contributed by atoms with Crippen LogP contribution in [0.3, 0.4) is 0 Å². The van der Waals surface area contributed by atoms with Gasteiger partial charge in [-0.2, -0.15) is 0 Å². The molecule has 2 aromatic rings. The summed E-state index contributed by atoms with van der Waals surface area (Å²) in [5, 5.41) is 0. The number of amides is 1. The van der Waals surface area contributed by atoms with Gasteiger partial charge in [0.05, 0.1) is 10.9 Å². The monoisotopic (exact) mass is 388 g/mol. The van der Waals surface area contributed by atoms with Crippen LogP contribution in [0.2, 0.25) is 0 Å². The van der Waals surface area contributed by atoms with Crippen LogP contribution in [0.1, 0.15) is 42.1 Å². The van der Waals surface area contributed by atoms with Gasteiger partial charge in [0.2, 0.25) is 15.9 Å². The van der Waals surface area contributed by atoms with Gasteiger partial charge in [-0.25, -0.2) is 13.1 Å². The summed E-state index contributed by atoms with van der Waals surface area (Å²) in [4.78, 5) is 14.1. The predicted octanol–water partition coefficient (Wildman–Crippen LogP) is 3.50. The quantitative estimate of drug-likeness (QED) is 0.789. The van der Waals surface area contributed by atoms with Gasteiger partial charge >= 0.3 is 0 Å².